The van der Waals surface area contributed by atoms with Crippen molar-refractivity contribution in [2.24, 2.45) is 23.7 Å². The van der Waals surface area contributed by atoms with Crippen LogP contribution in [0.15, 0.2) is 42.5 Å². The van der Waals surface area contributed by atoms with Crippen molar-refractivity contribution in [3.05, 3.63) is 48.0 Å². The fourth-order valence-corrected chi connectivity index (χ4v) is 8.33. The maximum Gasteiger partial charge on any atom is 0.432 e. The van der Waals surface area contributed by atoms with Crippen LogP contribution in [-0.2, 0) is 48.4 Å². The summed E-state index contributed by atoms with van der Waals surface area (Å²) in [7, 11) is 0.813. The number of halogens is 3. The number of fused-ring (bicyclic) bond motifs is 6. The van der Waals surface area contributed by atoms with E-state index in [2.05, 4.69) is 20.4 Å². The number of methoxy groups -OCH3 is 1. The monoisotopic (exact) mass is 652 g/mol. The molecule has 9 nitrogen and oxygen atoms in total. The largest absolute Gasteiger partial charge is 0.459 e. The second-order valence-corrected chi connectivity index (χ2v) is 13.6. The van der Waals surface area contributed by atoms with Gasteiger partial charge in [-0.05, 0) is 50.0 Å². The van der Waals surface area contributed by atoms with Gasteiger partial charge >= 0.3 is 24.1 Å². The molecule has 1 aromatic rings. The molecule has 3 saturated heterocycles. The predicted molar refractivity (Wildman–Crippen MR) is 157 cm³/mol. The van der Waals surface area contributed by atoms with E-state index in [0.717, 1.165) is 19.2 Å². The Hall–Kier alpha value is -2.96. The molecule has 0 radical (unpaired) electrons. The molecule has 3 heterocycles. The first-order valence-corrected chi connectivity index (χ1v) is 15.7. The summed E-state index contributed by atoms with van der Waals surface area (Å²) >= 11 is 0. The summed E-state index contributed by atoms with van der Waals surface area (Å²) in [6.45, 7) is 13.1. The van der Waals surface area contributed by atoms with Gasteiger partial charge in [0.25, 0.3) is 5.60 Å². The van der Waals surface area contributed by atoms with Gasteiger partial charge in [0, 0.05) is 38.4 Å². The first-order chi connectivity index (χ1) is 21.5. The van der Waals surface area contributed by atoms with Gasteiger partial charge in [-0.15, -0.1) is 0 Å². The summed E-state index contributed by atoms with van der Waals surface area (Å²) in [6, 6.07) is 6.60. The van der Waals surface area contributed by atoms with Crippen molar-refractivity contribution in [1.29, 1.82) is 0 Å². The molecule has 4 aliphatic rings. The number of hydrogen-bond donors (Lipinski definition) is 0. The zero-order valence-corrected chi connectivity index (χ0v) is 27.1. The van der Waals surface area contributed by atoms with Gasteiger partial charge in [0.1, 0.15) is 29.5 Å². The lowest BCUT2D eigenvalue weighted by Gasteiger charge is -2.48. The molecule has 3 aliphatic heterocycles. The minimum absolute atomic E-state index is 0.00959. The molecule has 0 unspecified atom stereocenters. The maximum absolute atomic E-state index is 14.7. The van der Waals surface area contributed by atoms with E-state index in [0.29, 0.717) is 18.6 Å². The second-order valence-electron chi connectivity index (χ2n) is 13.6. The number of ether oxygens (including phenoxy) is 6. The number of rotatable bonds is 7. The van der Waals surface area contributed by atoms with E-state index >= 15 is 0 Å². The minimum atomic E-state index is -5.16. The molecular weight excluding hydrogens is 609 g/mol. The Balaban J connectivity index is 1.54. The van der Waals surface area contributed by atoms with Crippen molar-refractivity contribution < 1.29 is 56.0 Å². The molecule has 2 bridgehead atoms. The van der Waals surface area contributed by atoms with Crippen LogP contribution < -0.4 is 0 Å². The van der Waals surface area contributed by atoms with Crippen molar-refractivity contribution >= 4 is 17.9 Å². The topological polar surface area (TPSA) is 110 Å². The Labute approximate surface area is 267 Å². The lowest BCUT2D eigenvalue weighted by molar-refractivity contribution is -0.278. The van der Waals surface area contributed by atoms with E-state index in [1.54, 1.807) is 6.92 Å². The van der Waals surface area contributed by atoms with Gasteiger partial charge in [0.2, 0.25) is 0 Å². The van der Waals surface area contributed by atoms with E-state index in [4.69, 9.17) is 28.4 Å². The SMILES string of the molecule is C=C1C[C@H]2O[C@H]([C@H]3[C@@H]2[C@]2(CO2)[C@@H](OC(C)=O)C[C@@H]3C(C)C)[C@](C)(OC(C)=O)CC[C@@H]1OC(=O)[C@@](OC)(c1ccccc1)C(F)(F)F. The molecule has 1 spiro atoms. The van der Waals surface area contributed by atoms with Crippen LogP contribution in [0.3, 0.4) is 0 Å². The molecule has 0 aromatic heterocycles. The zero-order chi connectivity index (χ0) is 33.8. The molecule has 1 saturated carbocycles. The molecule has 5 rings (SSSR count). The summed E-state index contributed by atoms with van der Waals surface area (Å²) in [5, 5.41) is 0. The Kier molecular flexibility index (Phi) is 9.15. The van der Waals surface area contributed by atoms with Crippen LogP contribution in [0.25, 0.3) is 0 Å². The van der Waals surface area contributed by atoms with E-state index in [1.165, 1.54) is 32.0 Å². The van der Waals surface area contributed by atoms with Crippen molar-refractivity contribution in [1.82, 2.24) is 0 Å². The average molecular weight is 653 g/mol. The highest BCUT2D eigenvalue weighted by Gasteiger charge is 2.73. The fourth-order valence-electron chi connectivity index (χ4n) is 8.33. The number of esters is 3. The first-order valence-electron chi connectivity index (χ1n) is 15.7. The highest BCUT2D eigenvalue weighted by atomic mass is 19.4. The van der Waals surface area contributed by atoms with Crippen molar-refractivity contribution in [2.75, 3.05) is 13.7 Å². The Morgan fingerprint density at radius 2 is 1.72 bits per heavy atom. The normalized spacial score (nSPS) is 36.9. The first kappa shape index (κ1) is 34.4. The molecular formula is C34H43F3O9. The predicted octanol–water partition coefficient (Wildman–Crippen LogP) is 5.44. The van der Waals surface area contributed by atoms with Crippen molar-refractivity contribution in [2.45, 2.75) is 108 Å². The van der Waals surface area contributed by atoms with Crippen molar-refractivity contribution in [3.8, 4) is 0 Å². The molecule has 1 aliphatic carbocycles. The summed E-state index contributed by atoms with van der Waals surface area (Å²) in [5.41, 5.74) is -5.54. The van der Waals surface area contributed by atoms with Crippen LogP contribution in [-0.4, -0.2) is 73.4 Å². The summed E-state index contributed by atoms with van der Waals surface area (Å²) in [4.78, 5) is 38.3. The van der Waals surface area contributed by atoms with E-state index in [-0.39, 0.29) is 42.9 Å². The van der Waals surface area contributed by atoms with Crippen LogP contribution in [0.1, 0.15) is 65.9 Å². The standard InChI is InChI=1S/C34H43F3O9/c1-18(2)23-16-26(43-20(4)38)32(17-42-32)28-25-15-19(3)24(13-14-31(6,46-21(5)39)29(44-25)27(23)28)45-30(40)33(41-7,34(35,36)37)22-11-9-8-10-12-22/h8-12,18,23-29H,3,13-17H2,1-2,4-7H3/t23-,24+,25-,26+,27-,28-,29-,31-,32+,33+/m1/s1. The third kappa shape index (κ3) is 5.74. The van der Waals surface area contributed by atoms with Gasteiger partial charge in [-0.1, -0.05) is 50.8 Å². The third-order valence-corrected chi connectivity index (χ3v) is 10.4. The van der Waals surface area contributed by atoms with Crippen molar-refractivity contribution in [3.63, 3.8) is 0 Å². The molecule has 0 N–H and O–H groups in total. The average Bonchev–Trinajstić information content (AvgIpc) is 3.64. The molecule has 10 atom stereocenters. The Morgan fingerprint density at radius 3 is 2.24 bits per heavy atom. The third-order valence-electron chi connectivity index (χ3n) is 10.4. The van der Waals surface area contributed by atoms with Gasteiger partial charge in [-0.3, -0.25) is 9.59 Å². The Bertz CT molecular complexity index is 1340. The van der Waals surface area contributed by atoms with Crippen LogP contribution >= 0.6 is 0 Å². The summed E-state index contributed by atoms with van der Waals surface area (Å²) in [5.74, 6) is -2.93. The molecule has 4 fully saturated rings. The highest BCUT2D eigenvalue weighted by molar-refractivity contribution is 5.83. The van der Waals surface area contributed by atoms with Gasteiger partial charge < -0.3 is 28.4 Å². The summed E-state index contributed by atoms with van der Waals surface area (Å²) < 4.78 is 79.4. The number of epoxide rings is 1. The van der Waals surface area contributed by atoms with Gasteiger partial charge in [0.05, 0.1) is 12.7 Å². The van der Waals surface area contributed by atoms with Gasteiger partial charge in [-0.25, -0.2) is 4.79 Å². The number of hydrogen-bond acceptors (Lipinski definition) is 9. The minimum Gasteiger partial charge on any atom is -0.459 e. The smallest absolute Gasteiger partial charge is 0.432 e. The molecule has 1 aromatic carbocycles. The molecule has 0 amide bonds. The summed E-state index contributed by atoms with van der Waals surface area (Å²) in [6.07, 6.45) is -7.29. The molecule has 12 heteroatoms. The van der Waals surface area contributed by atoms with E-state index in [1.807, 2.05) is 0 Å². The van der Waals surface area contributed by atoms with Gasteiger partial charge in [-0.2, -0.15) is 13.2 Å². The van der Waals surface area contributed by atoms with Crippen LogP contribution in [0.4, 0.5) is 13.2 Å². The maximum atomic E-state index is 14.7. The molecule has 254 valence electrons. The van der Waals surface area contributed by atoms with Gasteiger partial charge in [0.15, 0.2) is 0 Å². The number of carbonyl (C=O) groups is 3. The zero-order valence-electron chi connectivity index (χ0n) is 27.1. The lowest BCUT2D eigenvalue weighted by Crippen LogP contribution is -2.58. The number of alkyl halides is 3. The van der Waals surface area contributed by atoms with Crippen LogP contribution in [0, 0.1) is 23.7 Å². The fraction of sp³-hybridized carbons (Fsp3) is 0.676. The Morgan fingerprint density at radius 1 is 1.07 bits per heavy atom. The highest BCUT2D eigenvalue weighted by Crippen LogP contribution is 2.62. The van der Waals surface area contributed by atoms with E-state index in [9.17, 15) is 27.6 Å². The number of carbonyl (C=O) groups excluding carboxylic acids is 3. The number of benzene rings is 1. The lowest BCUT2D eigenvalue weighted by atomic mass is 9.57. The van der Waals surface area contributed by atoms with E-state index < -0.39 is 70.9 Å². The molecule has 46 heavy (non-hydrogen) atoms. The second kappa shape index (κ2) is 12.2. The quantitative estimate of drug-likeness (QED) is 0.165. The van der Waals surface area contributed by atoms with Crippen LogP contribution in [0.5, 0.6) is 0 Å². The van der Waals surface area contributed by atoms with Crippen LogP contribution in [0.2, 0.25) is 0 Å².